The van der Waals surface area contributed by atoms with Crippen molar-refractivity contribution in [2.75, 3.05) is 40.6 Å². The van der Waals surface area contributed by atoms with Crippen LogP contribution in [0.25, 0.3) is 22.6 Å². The topological polar surface area (TPSA) is 69.7 Å². The lowest BCUT2D eigenvalue weighted by molar-refractivity contribution is 0.0693. The van der Waals surface area contributed by atoms with Gasteiger partial charge in [0.25, 0.3) is 5.91 Å². The standard InChI is InChI=1S/C27H30N2O4/c1-31-16-17-33-15-14-28-27(30)25-22-7-3-4-9-24(22)29-26-20(6-5-8-23(25)26)18-19-10-12-21(32-2)13-11-19/h3-4,7,9-13,18H,5-6,8,14-17H2,1-2H3,(H,28,30)/b20-18-. The van der Waals surface area contributed by atoms with Gasteiger partial charge in [-0.05, 0) is 60.2 Å². The van der Waals surface area contributed by atoms with Crippen LogP contribution in [0.15, 0.2) is 48.5 Å². The molecule has 6 heteroatoms. The van der Waals surface area contributed by atoms with E-state index in [1.54, 1.807) is 14.2 Å². The predicted octanol–water partition coefficient (Wildman–Crippen LogP) is 4.51. The summed E-state index contributed by atoms with van der Waals surface area (Å²) < 4.78 is 15.7. The number of carbonyl (C=O) groups excluding carboxylic acids is 1. The maximum atomic E-state index is 13.3. The average Bonchev–Trinajstić information content (AvgIpc) is 2.85. The first-order chi connectivity index (χ1) is 16.2. The molecule has 33 heavy (non-hydrogen) atoms. The zero-order valence-corrected chi connectivity index (χ0v) is 19.2. The van der Waals surface area contributed by atoms with E-state index in [9.17, 15) is 4.79 Å². The van der Waals surface area contributed by atoms with Gasteiger partial charge in [0.2, 0.25) is 0 Å². The second-order valence-corrected chi connectivity index (χ2v) is 7.99. The molecule has 1 N–H and O–H groups in total. The molecule has 0 aliphatic heterocycles. The number of hydrogen-bond acceptors (Lipinski definition) is 5. The Morgan fingerprint density at radius 3 is 2.64 bits per heavy atom. The van der Waals surface area contributed by atoms with Gasteiger partial charge in [0.15, 0.2) is 0 Å². The summed E-state index contributed by atoms with van der Waals surface area (Å²) >= 11 is 0. The Kier molecular flexibility index (Phi) is 7.70. The van der Waals surface area contributed by atoms with Gasteiger partial charge in [-0.2, -0.15) is 0 Å². The largest absolute Gasteiger partial charge is 0.497 e. The van der Waals surface area contributed by atoms with Crippen LogP contribution in [0.5, 0.6) is 5.75 Å². The molecule has 1 aliphatic rings. The average molecular weight is 447 g/mol. The number of aromatic nitrogens is 1. The molecule has 1 amide bonds. The monoisotopic (exact) mass is 446 g/mol. The van der Waals surface area contributed by atoms with Crippen molar-refractivity contribution in [1.29, 1.82) is 0 Å². The van der Waals surface area contributed by atoms with Crippen LogP contribution < -0.4 is 10.1 Å². The Labute approximate surface area is 194 Å². The molecule has 0 saturated heterocycles. The Bertz CT molecular complexity index is 1140. The molecule has 2 aromatic carbocycles. The number of allylic oxidation sites excluding steroid dienone is 1. The van der Waals surface area contributed by atoms with E-state index in [-0.39, 0.29) is 5.91 Å². The third-order valence-electron chi connectivity index (χ3n) is 5.82. The number of methoxy groups -OCH3 is 2. The lowest BCUT2D eigenvalue weighted by Crippen LogP contribution is -2.29. The Hall–Kier alpha value is -3.22. The molecule has 0 fully saturated rings. The van der Waals surface area contributed by atoms with Gasteiger partial charge in [-0.1, -0.05) is 30.3 Å². The van der Waals surface area contributed by atoms with Gasteiger partial charge in [0.05, 0.1) is 43.7 Å². The second kappa shape index (κ2) is 11.1. The number of benzene rings is 2. The minimum Gasteiger partial charge on any atom is -0.497 e. The number of rotatable bonds is 9. The maximum absolute atomic E-state index is 13.3. The van der Waals surface area contributed by atoms with Crippen LogP contribution in [0, 0.1) is 0 Å². The molecule has 1 aromatic heterocycles. The van der Waals surface area contributed by atoms with Crippen LogP contribution in [0.4, 0.5) is 0 Å². The molecule has 3 aromatic rings. The minimum atomic E-state index is -0.0779. The molecule has 0 saturated carbocycles. The molecule has 1 heterocycles. The van der Waals surface area contributed by atoms with E-state index in [0.717, 1.165) is 63.9 Å². The van der Waals surface area contributed by atoms with E-state index in [4.69, 9.17) is 19.2 Å². The molecule has 1 aliphatic carbocycles. The summed E-state index contributed by atoms with van der Waals surface area (Å²) in [6.07, 6.45) is 4.92. The summed E-state index contributed by atoms with van der Waals surface area (Å²) in [5, 5.41) is 3.92. The Morgan fingerprint density at radius 2 is 1.85 bits per heavy atom. The molecule has 0 spiro atoms. The van der Waals surface area contributed by atoms with Crippen molar-refractivity contribution in [2.24, 2.45) is 0 Å². The van der Waals surface area contributed by atoms with Crippen molar-refractivity contribution in [2.45, 2.75) is 19.3 Å². The maximum Gasteiger partial charge on any atom is 0.252 e. The first kappa shape index (κ1) is 23.0. The first-order valence-electron chi connectivity index (χ1n) is 11.3. The summed E-state index contributed by atoms with van der Waals surface area (Å²) in [5.74, 6) is 0.751. The van der Waals surface area contributed by atoms with Gasteiger partial charge < -0.3 is 19.5 Å². The van der Waals surface area contributed by atoms with E-state index in [0.29, 0.717) is 26.4 Å². The van der Waals surface area contributed by atoms with Gasteiger partial charge in [-0.3, -0.25) is 4.79 Å². The Balaban J connectivity index is 1.66. The molecule has 172 valence electrons. The molecule has 4 rings (SSSR count). The van der Waals surface area contributed by atoms with Crippen LogP contribution in [-0.2, 0) is 15.9 Å². The van der Waals surface area contributed by atoms with Gasteiger partial charge in [-0.25, -0.2) is 4.98 Å². The van der Waals surface area contributed by atoms with E-state index in [1.807, 2.05) is 48.5 Å². The fourth-order valence-corrected chi connectivity index (χ4v) is 4.21. The summed E-state index contributed by atoms with van der Waals surface area (Å²) in [4.78, 5) is 18.3. The quantitative estimate of drug-likeness (QED) is 0.490. The molecule has 0 radical (unpaired) electrons. The van der Waals surface area contributed by atoms with E-state index in [1.165, 1.54) is 0 Å². The lowest BCUT2D eigenvalue weighted by Gasteiger charge is -2.23. The van der Waals surface area contributed by atoms with Gasteiger partial charge >= 0.3 is 0 Å². The number of ether oxygens (including phenoxy) is 3. The van der Waals surface area contributed by atoms with Crippen molar-refractivity contribution in [1.82, 2.24) is 10.3 Å². The number of carbonyl (C=O) groups is 1. The number of nitrogens with zero attached hydrogens (tertiary/aromatic N) is 1. The van der Waals surface area contributed by atoms with Gasteiger partial charge in [0.1, 0.15) is 5.75 Å². The lowest BCUT2D eigenvalue weighted by atomic mass is 9.85. The molecule has 0 unspecified atom stereocenters. The smallest absolute Gasteiger partial charge is 0.252 e. The molecular formula is C27H30N2O4. The Morgan fingerprint density at radius 1 is 1.03 bits per heavy atom. The number of nitrogens with one attached hydrogen (secondary N) is 1. The summed E-state index contributed by atoms with van der Waals surface area (Å²) in [5.41, 5.74) is 5.76. The van der Waals surface area contributed by atoms with E-state index < -0.39 is 0 Å². The first-order valence-corrected chi connectivity index (χ1v) is 11.3. The van der Waals surface area contributed by atoms with Crippen LogP contribution in [0.1, 0.15) is 40.0 Å². The number of para-hydroxylation sites is 1. The summed E-state index contributed by atoms with van der Waals surface area (Å²) in [6.45, 7) is 1.95. The van der Waals surface area contributed by atoms with Crippen LogP contribution in [0.3, 0.4) is 0 Å². The third-order valence-corrected chi connectivity index (χ3v) is 5.82. The highest BCUT2D eigenvalue weighted by atomic mass is 16.5. The predicted molar refractivity (Wildman–Crippen MR) is 131 cm³/mol. The molecule has 0 atom stereocenters. The van der Waals surface area contributed by atoms with E-state index in [2.05, 4.69) is 11.4 Å². The number of pyridine rings is 1. The van der Waals surface area contributed by atoms with E-state index >= 15 is 0 Å². The van der Waals surface area contributed by atoms with Crippen LogP contribution >= 0.6 is 0 Å². The van der Waals surface area contributed by atoms with Crippen LogP contribution in [0.2, 0.25) is 0 Å². The molecular weight excluding hydrogens is 416 g/mol. The normalized spacial score (nSPS) is 14.3. The SMILES string of the molecule is COCCOCCNC(=O)c1c2c(nc3ccccc13)/C(=C\c1ccc(OC)cc1)CCC2. The second-order valence-electron chi connectivity index (χ2n) is 7.99. The molecule has 0 bridgehead atoms. The van der Waals surface area contributed by atoms with Crippen molar-refractivity contribution in [3.63, 3.8) is 0 Å². The highest BCUT2D eigenvalue weighted by Crippen LogP contribution is 2.36. The third kappa shape index (κ3) is 5.41. The van der Waals surface area contributed by atoms with Gasteiger partial charge in [-0.15, -0.1) is 0 Å². The zero-order chi connectivity index (χ0) is 23.0. The van der Waals surface area contributed by atoms with Crippen molar-refractivity contribution < 1.29 is 19.0 Å². The fourth-order valence-electron chi connectivity index (χ4n) is 4.21. The number of amides is 1. The number of fused-ring (bicyclic) bond motifs is 2. The zero-order valence-electron chi connectivity index (χ0n) is 19.2. The van der Waals surface area contributed by atoms with Crippen LogP contribution in [-0.4, -0.2) is 51.5 Å². The van der Waals surface area contributed by atoms with Crippen molar-refractivity contribution in [3.05, 3.63) is 70.9 Å². The number of hydrogen-bond donors (Lipinski definition) is 1. The summed E-state index contributed by atoms with van der Waals surface area (Å²) in [6, 6.07) is 15.9. The summed E-state index contributed by atoms with van der Waals surface area (Å²) in [7, 11) is 3.30. The highest BCUT2D eigenvalue weighted by Gasteiger charge is 2.25. The fraction of sp³-hybridized carbons (Fsp3) is 0.333. The highest BCUT2D eigenvalue weighted by molar-refractivity contribution is 6.09. The molecule has 6 nitrogen and oxygen atoms in total. The van der Waals surface area contributed by atoms with Gasteiger partial charge in [0, 0.05) is 19.0 Å². The van der Waals surface area contributed by atoms with Crippen molar-refractivity contribution >= 4 is 28.5 Å². The van der Waals surface area contributed by atoms with Crippen molar-refractivity contribution in [3.8, 4) is 5.75 Å². The minimum absolute atomic E-state index is 0.0779.